The van der Waals surface area contributed by atoms with Crippen LogP contribution >= 0.6 is 0 Å². The monoisotopic (exact) mass is 453 g/mol. The number of aliphatic imine (C=N–C) groups is 1. The van der Waals surface area contributed by atoms with Gasteiger partial charge in [0.15, 0.2) is 5.75 Å². The van der Waals surface area contributed by atoms with Crippen LogP contribution in [-0.4, -0.2) is 32.2 Å². The van der Waals surface area contributed by atoms with E-state index in [0.717, 1.165) is 6.07 Å². The Kier molecular flexibility index (Phi) is 5.64. The first-order chi connectivity index (χ1) is 15.2. The molecule has 0 radical (unpaired) electrons. The van der Waals surface area contributed by atoms with Gasteiger partial charge in [-0.2, -0.15) is 0 Å². The largest absolute Gasteiger partial charge is 0.454 e. The summed E-state index contributed by atoms with van der Waals surface area (Å²) in [5.41, 5.74) is 2.03. The van der Waals surface area contributed by atoms with Crippen LogP contribution < -0.4 is 9.46 Å². The Morgan fingerprint density at radius 1 is 1.03 bits per heavy atom. The zero-order chi connectivity index (χ0) is 23.0. The highest BCUT2D eigenvalue weighted by Gasteiger charge is 2.24. The molecule has 0 aliphatic carbocycles. The first-order valence-electron chi connectivity index (χ1n) is 10.2. The standard InChI is InChI=1S/C24H24FN3O3S/c1-15(2)28(4)24-19-13-17(27-32(29,30)18-11-9-16(3)20(25)14-18)10-12-22(19)31-23-8-6-5-7-21(23)26-24/h5-15,27H,1-4H3. The van der Waals surface area contributed by atoms with Gasteiger partial charge in [0.25, 0.3) is 10.0 Å². The first kappa shape index (κ1) is 21.8. The van der Waals surface area contributed by atoms with Crippen molar-refractivity contribution in [3.05, 3.63) is 77.6 Å². The van der Waals surface area contributed by atoms with E-state index in [2.05, 4.69) is 4.72 Å². The summed E-state index contributed by atoms with van der Waals surface area (Å²) in [6.07, 6.45) is 0. The Morgan fingerprint density at radius 3 is 2.50 bits per heavy atom. The van der Waals surface area contributed by atoms with E-state index >= 15 is 0 Å². The van der Waals surface area contributed by atoms with Gasteiger partial charge in [-0.1, -0.05) is 18.2 Å². The molecule has 0 spiro atoms. The fourth-order valence-electron chi connectivity index (χ4n) is 3.25. The maximum absolute atomic E-state index is 13.9. The summed E-state index contributed by atoms with van der Waals surface area (Å²) in [6, 6.07) is 16.4. The molecule has 3 aromatic carbocycles. The number of anilines is 1. The van der Waals surface area contributed by atoms with Gasteiger partial charge < -0.3 is 9.64 Å². The molecule has 1 aliphatic rings. The van der Waals surface area contributed by atoms with Crippen LogP contribution in [0.5, 0.6) is 11.5 Å². The maximum atomic E-state index is 13.9. The molecule has 0 aromatic heterocycles. The average Bonchev–Trinajstić information content (AvgIpc) is 2.91. The molecule has 1 heterocycles. The van der Waals surface area contributed by atoms with Gasteiger partial charge >= 0.3 is 0 Å². The molecule has 4 rings (SSSR count). The third-order valence-corrected chi connectivity index (χ3v) is 6.73. The summed E-state index contributed by atoms with van der Waals surface area (Å²) in [5, 5.41) is 0. The van der Waals surface area contributed by atoms with Crippen LogP contribution in [0.3, 0.4) is 0 Å². The molecule has 0 saturated heterocycles. The first-order valence-corrected chi connectivity index (χ1v) is 11.7. The number of para-hydroxylation sites is 2. The van der Waals surface area contributed by atoms with Gasteiger partial charge in [-0.15, -0.1) is 0 Å². The molecule has 6 nitrogen and oxygen atoms in total. The maximum Gasteiger partial charge on any atom is 0.261 e. The highest BCUT2D eigenvalue weighted by Crippen LogP contribution is 2.39. The number of sulfonamides is 1. The van der Waals surface area contributed by atoms with E-state index in [4.69, 9.17) is 9.73 Å². The fraction of sp³-hybridized carbons (Fsp3) is 0.208. The summed E-state index contributed by atoms with van der Waals surface area (Å²) in [7, 11) is -2.06. The molecule has 3 aromatic rings. The van der Waals surface area contributed by atoms with Crippen molar-refractivity contribution in [3.63, 3.8) is 0 Å². The Hall–Kier alpha value is -3.39. The van der Waals surface area contributed by atoms with Crippen molar-refractivity contribution < 1.29 is 17.5 Å². The van der Waals surface area contributed by atoms with E-state index in [1.807, 2.05) is 50.1 Å². The van der Waals surface area contributed by atoms with Gasteiger partial charge in [0.2, 0.25) is 0 Å². The van der Waals surface area contributed by atoms with E-state index in [9.17, 15) is 12.8 Å². The summed E-state index contributed by atoms with van der Waals surface area (Å²) in [6.45, 7) is 5.66. The van der Waals surface area contributed by atoms with Gasteiger partial charge in [0.05, 0.1) is 10.5 Å². The smallest absolute Gasteiger partial charge is 0.261 e. The summed E-state index contributed by atoms with van der Waals surface area (Å²) in [4.78, 5) is 6.66. The van der Waals surface area contributed by atoms with E-state index < -0.39 is 15.8 Å². The van der Waals surface area contributed by atoms with E-state index in [0.29, 0.717) is 39.8 Å². The number of nitrogens with zero attached hydrogens (tertiary/aromatic N) is 2. The molecule has 166 valence electrons. The number of benzene rings is 3. The van der Waals surface area contributed by atoms with Gasteiger partial charge in [0.1, 0.15) is 23.1 Å². The van der Waals surface area contributed by atoms with Crippen LogP contribution in [0.25, 0.3) is 0 Å². The van der Waals surface area contributed by atoms with Crippen molar-refractivity contribution >= 4 is 27.2 Å². The zero-order valence-electron chi connectivity index (χ0n) is 18.3. The van der Waals surface area contributed by atoms with Crippen LogP contribution in [-0.2, 0) is 10.0 Å². The number of nitrogens with one attached hydrogen (secondary N) is 1. The van der Waals surface area contributed by atoms with Crippen LogP contribution in [0.2, 0.25) is 0 Å². The molecule has 0 unspecified atom stereocenters. The third-order valence-electron chi connectivity index (χ3n) is 5.35. The second kappa shape index (κ2) is 8.27. The number of amidine groups is 1. The quantitative estimate of drug-likeness (QED) is 0.570. The molecule has 0 saturated carbocycles. The highest BCUT2D eigenvalue weighted by molar-refractivity contribution is 7.92. The molecule has 32 heavy (non-hydrogen) atoms. The van der Waals surface area contributed by atoms with Crippen LogP contribution in [0, 0.1) is 12.7 Å². The molecule has 0 amide bonds. The topological polar surface area (TPSA) is 71.0 Å². The number of rotatable bonds is 4. The van der Waals surface area contributed by atoms with Crippen LogP contribution in [0.1, 0.15) is 25.0 Å². The average molecular weight is 454 g/mol. The molecule has 0 fully saturated rings. The van der Waals surface area contributed by atoms with Crippen LogP contribution in [0.15, 0.2) is 70.6 Å². The Morgan fingerprint density at radius 2 is 1.78 bits per heavy atom. The molecule has 0 atom stereocenters. The molecule has 1 N–H and O–H groups in total. The minimum absolute atomic E-state index is 0.141. The van der Waals surface area contributed by atoms with Gasteiger partial charge in [-0.25, -0.2) is 17.8 Å². The summed E-state index contributed by atoms with van der Waals surface area (Å²) in [5.74, 6) is 1.26. The lowest BCUT2D eigenvalue weighted by molar-refractivity contribution is 0.417. The Bertz CT molecular complexity index is 1320. The van der Waals surface area contributed by atoms with Crippen LogP contribution in [0.4, 0.5) is 15.8 Å². The minimum Gasteiger partial charge on any atom is -0.454 e. The zero-order valence-corrected chi connectivity index (χ0v) is 19.1. The molecule has 8 heteroatoms. The van der Waals surface area contributed by atoms with Gasteiger partial charge in [0, 0.05) is 18.8 Å². The second-order valence-corrected chi connectivity index (χ2v) is 9.62. The van der Waals surface area contributed by atoms with Crippen molar-refractivity contribution in [2.75, 3.05) is 11.8 Å². The number of hydrogen-bond acceptors (Lipinski definition) is 5. The Balaban J connectivity index is 1.77. The van der Waals surface area contributed by atoms with Gasteiger partial charge in [-0.3, -0.25) is 4.72 Å². The van der Waals surface area contributed by atoms with E-state index in [-0.39, 0.29) is 10.9 Å². The number of hydrogen-bond donors (Lipinski definition) is 1. The molecular weight excluding hydrogens is 429 g/mol. The van der Waals surface area contributed by atoms with Crippen molar-refractivity contribution in [1.29, 1.82) is 0 Å². The van der Waals surface area contributed by atoms with Crippen molar-refractivity contribution in [2.45, 2.75) is 31.7 Å². The number of ether oxygens (including phenoxy) is 1. The van der Waals surface area contributed by atoms with E-state index in [1.165, 1.54) is 12.1 Å². The number of fused-ring (bicyclic) bond motifs is 2. The van der Waals surface area contributed by atoms with Crippen molar-refractivity contribution in [3.8, 4) is 11.5 Å². The molecule has 0 bridgehead atoms. The minimum atomic E-state index is -3.98. The lowest BCUT2D eigenvalue weighted by atomic mass is 10.1. The second-order valence-electron chi connectivity index (χ2n) is 7.94. The highest BCUT2D eigenvalue weighted by atomic mass is 32.2. The normalized spacial score (nSPS) is 12.9. The summed E-state index contributed by atoms with van der Waals surface area (Å²) < 4.78 is 48.3. The van der Waals surface area contributed by atoms with Crippen molar-refractivity contribution in [1.82, 2.24) is 4.90 Å². The number of halogens is 1. The molecular formula is C24H24FN3O3S. The lowest BCUT2D eigenvalue weighted by Gasteiger charge is -2.26. The van der Waals surface area contributed by atoms with Crippen molar-refractivity contribution in [2.24, 2.45) is 4.99 Å². The SMILES string of the molecule is Cc1ccc(S(=O)(=O)Nc2ccc3c(c2)C(N(C)C(C)C)=Nc2ccccc2O3)cc1F. The molecule has 1 aliphatic heterocycles. The lowest BCUT2D eigenvalue weighted by Crippen LogP contribution is -2.33. The van der Waals surface area contributed by atoms with Gasteiger partial charge in [-0.05, 0) is 68.8 Å². The third kappa shape index (κ3) is 4.18. The number of aryl methyl sites for hydroxylation is 1. The predicted molar refractivity (Wildman–Crippen MR) is 124 cm³/mol. The predicted octanol–water partition coefficient (Wildman–Crippen LogP) is 5.46. The van der Waals surface area contributed by atoms with E-state index in [1.54, 1.807) is 25.1 Å². The fourth-order valence-corrected chi connectivity index (χ4v) is 4.32. The Labute approximate surface area is 187 Å². The summed E-state index contributed by atoms with van der Waals surface area (Å²) >= 11 is 0.